The maximum absolute atomic E-state index is 11.2. The maximum Gasteiger partial charge on any atom is 0.214 e. The normalized spacial score (nSPS) is 19.9. The van der Waals surface area contributed by atoms with Crippen molar-refractivity contribution in [3.8, 4) is 0 Å². The molecule has 0 saturated carbocycles. The minimum Gasteiger partial charge on any atom is -0.282 e. The Balaban J connectivity index is 1.88. The molecule has 1 atom stereocenters. The van der Waals surface area contributed by atoms with Crippen molar-refractivity contribution in [1.82, 2.24) is 0 Å². The molecule has 5 heteroatoms. The molecule has 1 nitrogen and oxygen atoms in total. The van der Waals surface area contributed by atoms with E-state index in [1.54, 1.807) is 6.92 Å². The van der Waals surface area contributed by atoms with Gasteiger partial charge in [-0.1, -0.05) is 18.3 Å². The second-order valence-corrected chi connectivity index (χ2v) is 8.52. The molecule has 0 N–H and O–H groups in total. The minimum absolute atomic E-state index is 0.146. The molecular weight excluding hydrogens is 276 g/mol. The largest absolute Gasteiger partial charge is 0.282 e. The van der Waals surface area contributed by atoms with Crippen molar-refractivity contribution in [3.63, 3.8) is 0 Å². The van der Waals surface area contributed by atoms with Gasteiger partial charge in [-0.2, -0.15) is 11.8 Å². The Kier molecular flexibility index (Phi) is 8.21. The molecule has 16 heavy (non-hydrogen) atoms. The van der Waals surface area contributed by atoms with Gasteiger partial charge >= 0.3 is 0 Å². The lowest BCUT2D eigenvalue weighted by molar-refractivity contribution is -0.107. The van der Waals surface area contributed by atoms with E-state index in [-0.39, 0.29) is 5.12 Å². The van der Waals surface area contributed by atoms with Crippen LogP contribution in [0.1, 0.15) is 13.3 Å². The summed E-state index contributed by atoms with van der Waals surface area (Å²) in [6, 6.07) is 0. The monoisotopic (exact) mass is 294 g/mol. The van der Waals surface area contributed by atoms with Gasteiger partial charge in [-0.25, -0.2) is 0 Å². The molecule has 1 rings (SSSR count). The van der Waals surface area contributed by atoms with Gasteiger partial charge in [-0.3, -0.25) is 4.79 Å². The Hall–Kier alpha value is 0.810. The van der Waals surface area contributed by atoms with E-state index < -0.39 is 0 Å². The summed E-state index contributed by atoms with van der Waals surface area (Å²) in [5.41, 5.74) is 0.664. The average Bonchev–Trinajstić information content (AvgIpc) is 2.75. The van der Waals surface area contributed by atoms with E-state index in [9.17, 15) is 4.79 Å². The molecular formula is C11H18OS4. The van der Waals surface area contributed by atoms with Crippen LogP contribution in [0.25, 0.3) is 0 Å². The number of carbonyl (C=O) groups is 1. The second kappa shape index (κ2) is 8.84. The minimum atomic E-state index is 0.146. The Bertz CT molecular complexity index is 236. The van der Waals surface area contributed by atoms with E-state index >= 15 is 0 Å². The van der Waals surface area contributed by atoms with Crippen LogP contribution in [-0.2, 0) is 4.79 Å². The van der Waals surface area contributed by atoms with E-state index in [1.807, 2.05) is 23.5 Å². The van der Waals surface area contributed by atoms with E-state index in [4.69, 9.17) is 0 Å². The molecule has 0 aromatic heterocycles. The molecule has 92 valence electrons. The zero-order valence-corrected chi connectivity index (χ0v) is 12.8. The predicted octanol–water partition coefficient (Wildman–Crippen LogP) is 3.75. The molecule has 0 bridgehead atoms. The van der Waals surface area contributed by atoms with Crippen LogP contribution in [0.3, 0.4) is 0 Å². The summed E-state index contributed by atoms with van der Waals surface area (Å²) in [6.45, 7) is 5.42. The first-order valence-electron chi connectivity index (χ1n) is 5.30. The third kappa shape index (κ3) is 6.52. The maximum atomic E-state index is 11.2. The smallest absolute Gasteiger partial charge is 0.214 e. The van der Waals surface area contributed by atoms with Gasteiger partial charge in [-0.15, -0.1) is 23.5 Å². The van der Waals surface area contributed by atoms with Gasteiger partial charge in [0.05, 0.1) is 0 Å². The first-order chi connectivity index (χ1) is 7.70. The Morgan fingerprint density at radius 2 is 2.31 bits per heavy atom. The van der Waals surface area contributed by atoms with Gasteiger partial charge in [0, 0.05) is 27.6 Å². The first kappa shape index (κ1) is 14.9. The van der Waals surface area contributed by atoms with Crippen LogP contribution in [0.5, 0.6) is 0 Å². The number of hydrogen-bond acceptors (Lipinski definition) is 5. The Morgan fingerprint density at radius 3 is 2.94 bits per heavy atom. The number of rotatable bonds is 7. The van der Waals surface area contributed by atoms with Crippen LogP contribution in [0.2, 0.25) is 0 Å². The van der Waals surface area contributed by atoms with Gasteiger partial charge < -0.3 is 0 Å². The summed E-state index contributed by atoms with van der Waals surface area (Å²) < 4.78 is 0. The summed E-state index contributed by atoms with van der Waals surface area (Å²) in [6.07, 6.45) is 1.12. The number of hydrogen-bond donors (Lipinski definition) is 0. The molecule has 1 aliphatic rings. The van der Waals surface area contributed by atoms with Crippen molar-refractivity contribution in [1.29, 1.82) is 0 Å². The fourth-order valence-corrected chi connectivity index (χ4v) is 6.35. The summed E-state index contributed by atoms with van der Waals surface area (Å²) in [5, 5.41) is 2.28. The van der Waals surface area contributed by atoms with Crippen molar-refractivity contribution in [3.05, 3.63) is 12.2 Å². The fourth-order valence-electron chi connectivity index (χ4n) is 1.13. The van der Waals surface area contributed by atoms with Gasteiger partial charge in [0.1, 0.15) is 0 Å². The highest BCUT2D eigenvalue weighted by Crippen LogP contribution is 2.31. The molecule has 0 aromatic rings. The predicted molar refractivity (Wildman–Crippen MR) is 82.9 cm³/mol. The van der Waals surface area contributed by atoms with Crippen LogP contribution >= 0.6 is 47.0 Å². The zero-order valence-electron chi connectivity index (χ0n) is 9.57. The van der Waals surface area contributed by atoms with E-state index in [1.165, 1.54) is 34.1 Å². The molecule has 0 amide bonds. The SMILES string of the molecule is C=C(C)C(=O)SCCCSCC1CSCS1. The summed E-state index contributed by atoms with van der Waals surface area (Å²) in [5.74, 6) is 4.71. The Labute approximate surface area is 115 Å². The fraction of sp³-hybridized carbons (Fsp3) is 0.727. The van der Waals surface area contributed by atoms with Crippen molar-refractivity contribution >= 4 is 52.2 Å². The van der Waals surface area contributed by atoms with E-state index in [2.05, 4.69) is 18.3 Å². The number of thioether (sulfide) groups is 4. The van der Waals surface area contributed by atoms with Gasteiger partial charge in [0.15, 0.2) is 0 Å². The molecule has 1 aliphatic heterocycles. The van der Waals surface area contributed by atoms with E-state index in [0.29, 0.717) is 5.57 Å². The Morgan fingerprint density at radius 1 is 1.50 bits per heavy atom. The average molecular weight is 295 g/mol. The van der Waals surface area contributed by atoms with Crippen molar-refractivity contribution < 1.29 is 4.79 Å². The topological polar surface area (TPSA) is 17.1 Å². The van der Waals surface area contributed by atoms with Crippen molar-refractivity contribution in [2.75, 3.05) is 28.1 Å². The quantitative estimate of drug-likeness (QED) is 0.524. The third-order valence-electron chi connectivity index (χ3n) is 2.01. The highest BCUT2D eigenvalue weighted by atomic mass is 32.2. The van der Waals surface area contributed by atoms with Crippen LogP contribution in [-0.4, -0.2) is 38.5 Å². The molecule has 1 saturated heterocycles. The van der Waals surface area contributed by atoms with Crippen molar-refractivity contribution in [2.24, 2.45) is 0 Å². The second-order valence-electron chi connectivity index (χ2n) is 3.62. The molecule has 1 fully saturated rings. The van der Waals surface area contributed by atoms with Gasteiger partial charge in [0.2, 0.25) is 5.12 Å². The number of carbonyl (C=O) groups excluding carboxylic acids is 1. The summed E-state index contributed by atoms with van der Waals surface area (Å²) in [4.78, 5) is 11.2. The van der Waals surface area contributed by atoms with Crippen molar-refractivity contribution in [2.45, 2.75) is 18.6 Å². The summed E-state index contributed by atoms with van der Waals surface area (Å²) >= 11 is 7.57. The lowest BCUT2D eigenvalue weighted by atomic mass is 10.4. The standard InChI is InChI=1S/C11H18OS4/c1-9(2)11(12)15-5-3-4-13-6-10-7-14-8-16-10/h10H,1,3-8H2,2H3. The molecule has 1 heterocycles. The first-order valence-corrected chi connectivity index (χ1v) is 9.64. The van der Waals surface area contributed by atoms with Crippen LogP contribution < -0.4 is 0 Å². The molecule has 0 aliphatic carbocycles. The van der Waals surface area contributed by atoms with Gasteiger partial charge in [0.25, 0.3) is 0 Å². The van der Waals surface area contributed by atoms with Crippen LogP contribution in [0.4, 0.5) is 0 Å². The highest BCUT2D eigenvalue weighted by molar-refractivity contribution is 8.19. The van der Waals surface area contributed by atoms with E-state index in [0.717, 1.165) is 17.4 Å². The van der Waals surface area contributed by atoms with Crippen LogP contribution in [0, 0.1) is 0 Å². The molecule has 1 unspecified atom stereocenters. The lowest BCUT2D eigenvalue weighted by Crippen LogP contribution is -2.05. The third-order valence-corrected chi connectivity index (χ3v) is 7.40. The summed E-state index contributed by atoms with van der Waals surface area (Å²) in [7, 11) is 0. The molecule has 0 radical (unpaired) electrons. The van der Waals surface area contributed by atoms with Gasteiger partial charge in [-0.05, 0) is 24.7 Å². The lowest BCUT2D eigenvalue weighted by Gasteiger charge is -2.06. The molecule has 0 aromatic carbocycles. The molecule has 0 spiro atoms. The zero-order chi connectivity index (χ0) is 11.8. The highest BCUT2D eigenvalue weighted by Gasteiger charge is 2.15. The van der Waals surface area contributed by atoms with Crippen LogP contribution in [0.15, 0.2) is 12.2 Å².